The Morgan fingerprint density at radius 1 is 1.05 bits per heavy atom. The third-order valence-corrected chi connectivity index (χ3v) is 2.84. The predicted molar refractivity (Wildman–Crippen MR) is 79.6 cm³/mol. The van der Waals surface area contributed by atoms with Gasteiger partial charge in [-0.05, 0) is 31.2 Å². The molecule has 0 radical (unpaired) electrons. The quantitative estimate of drug-likeness (QED) is 0.653. The number of allylic oxidation sites excluding steroid dienone is 2. The monoisotopic (exact) mass is 271 g/mol. The Bertz CT molecular complexity index is 588. The highest BCUT2D eigenvalue weighted by atomic mass is 35.5. The molecule has 3 heteroatoms. The molecule has 0 spiro atoms. The fourth-order valence-corrected chi connectivity index (χ4v) is 1.81. The molecule has 0 amide bonds. The highest BCUT2D eigenvalue weighted by Crippen LogP contribution is 2.15. The van der Waals surface area contributed by atoms with Crippen molar-refractivity contribution in [3.05, 3.63) is 77.0 Å². The molecular formula is C16H14ClNO. The van der Waals surface area contributed by atoms with Gasteiger partial charge in [-0.1, -0.05) is 41.9 Å². The van der Waals surface area contributed by atoms with Crippen molar-refractivity contribution in [1.82, 2.24) is 0 Å². The lowest BCUT2D eigenvalue weighted by Crippen LogP contribution is -2.01. The van der Waals surface area contributed by atoms with E-state index in [9.17, 15) is 4.79 Å². The van der Waals surface area contributed by atoms with Crippen LogP contribution in [0.2, 0.25) is 5.02 Å². The maximum Gasteiger partial charge on any atom is 0.187 e. The summed E-state index contributed by atoms with van der Waals surface area (Å²) in [5.41, 5.74) is 2.37. The number of hydrogen-bond donors (Lipinski definition) is 1. The third-order valence-electron chi connectivity index (χ3n) is 2.59. The molecule has 0 aromatic heterocycles. The Hall–Kier alpha value is -2.06. The van der Waals surface area contributed by atoms with E-state index in [1.165, 1.54) is 0 Å². The molecule has 2 aromatic rings. The number of benzene rings is 2. The Morgan fingerprint density at radius 3 is 2.32 bits per heavy atom. The first-order chi connectivity index (χ1) is 9.15. The average Bonchev–Trinajstić information content (AvgIpc) is 2.42. The molecule has 0 aliphatic carbocycles. The summed E-state index contributed by atoms with van der Waals surface area (Å²) in [4.78, 5) is 12.0. The van der Waals surface area contributed by atoms with E-state index in [0.717, 1.165) is 11.4 Å². The molecule has 0 unspecified atom stereocenters. The van der Waals surface area contributed by atoms with E-state index in [2.05, 4.69) is 5.32 Å². The number of carbonyl (C=O) groups excluding carboxylic acids is 1. The second kappa shape index (κ2) is 6.21. The zero-order chi connectivity index (χ0) is 13.7. The molecule has 0 aliphatic heterocycles. The number of hydrogen-bond acceptors (Lipinski definition) is 2. The van der Waals surface area contributed by atoms with Gasteiger partial charge in [-0.25, -0.2) is 0 Å². The number of nitrogens with one attached hydrogen (secondary N) is 1. The molecule has 0 bridgehead atoms. The minimum atomic E-state index is -0.0143. The molecule has 0 heterocycles. The van der Waals surface area contributed by atoms with Crippen molar-refractivity contribution in [2.45, 2.75) is 6.92 Å². The van der Waals surface area contributed by atoms with Crippen LogP contribution in [0.15, 0.2) is 66.4 Å². The number of carbonyl (C=O) groups is 1. The van der Waals surface area contributed by atoms with Crippen molar-refractivity contribution in [3.63, 3.8) is 0 Å². The largest absolute Gasteiger partial charge is 0.359 e. The molecule has 2 nitrogen and oxygen atoms in total. The van der Waals surface area contributed by atoms with Crippen molar-refractivity contribution >= 4 is 23.1 Å². The van der Waals surface area contributed by atoms with Crippen LogP contribution in [0, 0.1) is 0 Å². The van der Waals surface area contributed by atoms with Crippen LogP contribution in [-0.4, -0.2) is 5.78 Å². The van der Waals surface area contributed by atoms with Crippen LogP contribution < -0.4 is 5.32 Å². The summed E-state index contributed by atoms with van der Waals surface area (Å²) in [6, 6.07) is 16.5. The van der Waals surface area contributed by atoms with Crippen molar-refractivity contribution in [1.29, 1.82) is 0 Å². The minimum Gasteiger partial charge on any atom is -0.359 e. The number of ketones is 1. The highest BCUT2D eigenvalue weighted by molar-refractivity contribution is 6.30. The van der Waals surface area contributed by atoms with Gasteiger partial charge >= 0.3 is 0 Å². The molecule has 0 aliphatic rings. The third kappa shape index (κ3) is 3.97. The Labute approximate surface area is 117 Å². The molecule has 2 rings (SSSR count). The Kier molecular flexibility index (Phi) is 4.37. The molecule has 96 valence electrons. The van der Waals surface area contributed by atoms with Gasteiger partial charge in [-0.2, -0.15) is 0 Å². The second-order valence-electron chi connectivity index (χ2n) is 4.19. The van der Waals surface area contributed by atoms with Gasteiger partial charge in [0.15, 0.2) is 5.78 Å². The van der Waals surface area contributed by atoms with Crippen molar-refractivity contribution in [2.24, 2.45) is 0 Å². The van der Waals surface area contributed by atoms with Crippen LogP contribution in [-0.2, 0) is 0 Å². The summed E-state index contributed by atoms with van der Waals surface area (Å²) in [5.74, 6) is -0.0143. The molecule has 0 atom stereocenters. The first kappa shape index (κ1) is 13.4. The summed E-state index contributed by atoms with van der Waals surface area (Å²) >= 11 is 5.82. The topological polar surface area (TPSA) is 29.1 Å². The summed E-state index contributed by atoms with van der Waals surface area (Å²) in [6.07, 6.45) is 1.59. The van der Waals surface area contributed by atoms with Gasteiger partial charge in [0.1, 0.15) is 0 Å². The van der Waals surface area contributed by atoms with E-state index in [1.54, 1.807) is 30.3 Å². The van der Waals surface area contributed by atoms with E-state index in [4.69, 9.17) is 11.6 Å². The Morgan fingerprint density at radius 2 is 1.68 bits per heavy atom. The highest BCUT2D eigenvalue weighted by Gasteiger charge is 2.02. The Balaban J connectivity index is 2.07. The van der Waals surface area contributed by atoms with Crippen molar-refractivity contribution in [2.75, 3.05) is 5.32 Å². The number of anilines is 1. The maximum atomic E-state index is 12.0. The zero-order valence-electron chi connectivity index (χ0n) is 10.6. The molecule has 0 saturated heterocycles. The fourth-order valence-electron chi connectivity index (χ4n) is 1.68. The maximum absolute atomic E-state index is 12.0. The number of halogens is 1. The van der Waals surface area contributed by atoms with E-state index in [1.807, 2.05) is 37.3 Å². The normalized spacial score (nSPS) is 11.2. The summed E-state index contributed by atoms with van der Waals surface area (Å²) in [7, 11) is 0. The van der Waals surface area contributed by atoms with Gasteiger partial charge in [-0.3, -0.25) is 4.79 Å². The SMILES string of the molecule is C/C(=C/C(=O)c1ccccc1)Nc1ccc(Cl)cc1. The van der Waals surface area contributed by atoms with Crippen LogP contribution in [0.4, 0.5) is 5.69 Å². The fraction of sp³-hybridized carbons (Fsp3) is 0.0625. The average molecular weight is 272 g/mol. The second-order valence-corrected chi connectivity index (χ2v) is 4.63. The van der Waals surface area contributed by atoms with Gasteiger partial charge in [-0.15, -0.1) is 0 Å². The first-order valence-corrected chi connectivity index (χ1v) is 6.33. The van der Waals surface area contributed by atoms with Gasteiger partial charge in [0, 0.05) is 28.0 Å². The van der Waals surface area contributed by atoms with E-state index < -0.39 is 0 Å². The molecule has 1 N–H and O–H groups in total. The van der Waals surface area contributed by atoms with Crippen LogP contribution in [0.3, 0.4) is 0 Å². The predicted octanol–water partition coefficient (Wildman–Crippen LogP) is 4.54. The number of rotatable bonds is 4. The van der Waals surface area contributed by atoms with Crippen LogP contribution in [0.1, 0.15) is 17.3 Å². The van der Waals surface area contributed by atoms with Crippen LogP contribution >= 0.6 is 11.6 Å². The van der Waals surface area contributed by atoms with Gasteiger partial charge in [0.25, 0.3) is 0 Å². The summed E-state index contributed by atoms with van der Waals surface area (Å²) in [5, 5.41) is 3.84. The molecule has 19 heavy (non-hydrogen) atoms. The lowest BCUT2D eigenvalue weighted by atomic mass is 10.1. The van der Waals surface area contributed by atoms with E-state index >= 15 is 0 Å². The zero-order valence-corrected chi connectivity index (χ0v) is 11.3. The van der Waals surface area contributed by atoms with E-state index in [-0.39, 0.29) is 5.78 Å². The van der Waals surface area contributed by atoms with Gasteiger partial charge in [0.05, 0.1) is 0 Å². The first-order valence-electron chi connectivity index (χ1n) is 5.95. The minimum absolute atomic E-state index is 0.0143. The molecule has 0 saturated carbocycles. The lowest BCUT2D eigenvalue weighted by molar-refractivity contribution is 0.104. The van der Waals surface area contributed by atoms with Crippen LogP contribution in [0.25, 0.3) is 0 Å². The van der Waals surface area contributed by atoms with Crippen molar-refractivity contribution in [3.8, 4) is 0 Å². The smallest absolute Gasteiger partial charge is 0.187 e. The van der Waals surface area contributed by atoms with E-state index in [0.29, 0.717) is 10.6 Å². The summed E-state index contributed by atoms with van der Waals surface area (Å²) in [6.45, 7) is 1.86. The lowest BCUT2D eigenvalue weighted by Gasteiger charge is -2.06. The molecule has 2 aromatic carbocycles. The molecular weight excluding hydrogens is 258 g/mol. The van der Waals surface area contributed by atoms with Crippen LogP contribution in [0.5, 0.6) is 0 Å². The van der Waals surface area contributed by atoms with Gasteiger partial charge < -0.3 is 5.32 Å². The van der Waals surface area contributed by atoms with Gasteiger partial charge in [0.2, 0.25) is 0 Å². The molecule has 0 fully saturated rings. The standard InChI is InChI=1S/C16H14ClNO/c1-12(18-15-9-7-14(17)8-10-15)11-16(19)13-5-3-2-4-6-13/h2-11,18H,1H3/b12-11-. The summed E-state index contributed by atoms with van der Waals surface area (Å²) < 4.78 is 0. The van der Waals surface area contributed by atoms with Crippen molar-refractivity contribution < 1.29 is 4.79 Å².